The number of hydrogen-bond acceptors (Lipinski definition) is 9. The van der Waals surface area contributed by atoms with Crippen LogP contribution in [0.3, 0.4) is 0 Å². The Morgan fingerprint density at radius 1 is 0.867 bits per heavy atom. The summed E-state index contributed by atoms with van der Waals surface area (Å²) in [6.45, 7) is 1.79. The summed E-state index contributed by atoms with van der Waals surface area (Å²) < 4.78 is 68.5. The van der Waals surface area contributed by atoms with Gasteiger partial charge in [0.1, 0.15) is 20.2 Å². The van der Waals surface area contributed by atoms with Crippen LogP contribution in [0.5, 0.6) is 0 Å². The van der Waals surface area contributed by atoms with Crippen LogP contribution in [0.25, 0.3) is 10.8 Å². The van der Waals surface area contributed by atoms with Crippen molar-refractivity contribution in [3.05, 3.63) is 54.1 Å². The van der Waals surface area contributed by atoms with Crippen LogP contribution < -0.4 is 86.7 Å². The number of azo groups is 1. The molecule has 0 saturated carbocycles. The van der Waals surface area contributed by atoms with Gasteiger partial charge in [0.25, 0.3) is 0 Å². The van der Waals surface area contributed by atoms with Crippen LogP contribution in [0, 0.1) is 6.92 Å². The molecule has 0 spiro atoms. The van der Waals surface area contributed by atoms with E-state index >= 15 is 0 Å². The number of nitrogens with zero attached hydrogens (tertiary/aromatic N) is 2. The van der Waals surface area contributed by atoms with Gasteiger partial charge in [-0.05, 0) is 60.3 Å². The van der Waals surface area contributed by atoms with E-state index in [1.807, 2.05) is 0 Å². The molecule has 146 valence electrons. The first-order valence-electron chi connectivity index (χ1n) is 7.72. The molecule has 3 rings (SSSR count). The van der Waals surface area contributed by atoms with Crippen LogP contribution >= 0.6 is 0 Å². The number of anilines is 1. The first-order chi connectivity index (χ1) is 12.9. The summed E-state index contributed by atoms with van der Waals surface area (Å²) in [6.07, 6.45) is 0. The average molecular weight is 482 g/mol. The van der Waals surface area contributed by atoms with Crippen LogP contribution in [-0.2, 0) is 20.2 Å². The minimum Gasteiger partial charge on any atom is -0.744 e. The van der Waals surface area contributed by atoms with E-state index in [1.165, 1.54) is 18.2 Å². The van der Waals surface area contributed by atoms with E-state index in [1.54, 1.807) is 25.1 Å². The second-order valence-corrected chi connectivity index (χ2v) is 8.71. The first-order valence-corrected chi connectivity index (χ1v) is 10.5. The van der Waals surface area contributed by atoms with Crippen LogP contribution in [0.2, 0.25) is 0 Å². The van der Waals surface area contributed by atoms with E-state index < -0.39 is 30.0 Å². The van der Waals surface area contributed by atoms with Gasteiger partial charge in [0.2, 0.25) is 0 Å². The molecule has 2 N–H and O–H groups in total. The fourth-order valence-electron chi connectivity index (χ4n) is 2.60. The maximum atomic E-state index is 11.6. The Bertz CT molecular complexity index is 1350. The number of aryl methyl sites for hydroxylation is 1. The van der Waals surface area contributed by atoms with Gasteiger partial charge in [-0.1, -0.05) is 6.07 Å². The van der Waals surface area contributed by atoms with Crippen molar-refractivity contribution in [3.8, 4) is 0 Å². The second kappa shape index (κ2) is 10.6. The van der Waals surface area contributed by atoms with Crippen molar-refractivity contribution in [2.45, 2.75) is 16.7 Å². The largest absolute Gasteiger partial charge is 1.00 e. The number of benzene rings is 3. The molecule has 13 heteroatoms. The normalized spacial score (nSPS) is 11.8. The molecular weight excluding hydrogens is 468 g/mol. The molecule has 0 heterocycles. The Kier molecular flexibility index (Phi) is 9.82. The molecule has 0 saturated heterocycles. The molecule has 0 aliphatic rings. The summed E-state index contributed by atoms with van der Waals surface area (Å²) in [5.74, 6) is 0. The average Bonchev–Trinajstić information content (AvgIpc) is 2.58. The van der Waals surface area contributed by atoms with Crippen molar-refractivity contribution in [2.24, 2.45) is 10.2 Å². The SMILES string of the molecule is Cc1cc(N)ccc1N=Nc1ccc2cc(S(=O)(=O)[O-])cc(S(=O)(=O)[O-])c2c1.[K+].[Na+]. The Morgan fingerprint density at radius 3 is 2.10 bits per heavy atom. The fourth-order valence-corrected chi connectivity index (χ4v) is 3.93. The summed E-state index contributed by atoms with van der Waals surface area (Å²) in [5, 5.41) is 8.12. The van der Waals surface area contributed by atoms with Gasteiger partial charge in [-0.2, -0.15) is 10.2 Å². The Hall–Kier alpha value is -0.224. The molecule has 0 aliphatic carbocycles. The molecule has 0 amide bonds. The van der Waals surface area contributed by atoms with Crippen molar-refractivity contribution in [1.29, 1.82) is 0 Å². The monoisotopic (exact) mass is 481 g/mol. The molecule has 0 aliphatic heterocycles. The number of hydrogen-bond donors (Lipinski definition) is 1. The summed E-state index contributed by atoms with van der Waals surface area (Å²) in [7, 11) is -9.99. The molecule has 30 heavy (non-hydrogen) atoms. The predicted molar refractivity (Wildman–Crippen MR) is 99.6 cm³/mol. The quantitative estimate of drug-likeness (QED) is 0.179. The second-order valence-electron chi connectivity index (χ2n) is 5.98. The van der Waals surface area contributed by atoms with Crippen molar-refractivity contribution < 1.29 is 107 Å². The van der Waals surface area contributed by atoms with Gasteiger partial charge in [-0.3, -0.25) is 0 Å². The van der Waals surface area contributed by atoms with Crippen LogP contribution in [0.4, 0.5) is 17.1 Å². The van der Waals surface area contributed by atoms with Crippen LogP contribution in [0.1, 0.15) is 5.56 Å². The standard InChI is InChI=1S/C17H15N3O6S2.K.Na/c1-10-6-12(18)3-5-16(10)20-19-13-4-2-11-7-14(27(21,22)23)9-17(15(11)8-13)28(24,25)26;;/h2-9H,18H2,1H3,(H,21,22,23)(H,24,25,26);;/q;2*+1/p-2. The smallest absolute Gasteiger partial charge is 0.744 e. The van der Waals surface area contributed by atoms with E-state index in [0.29, 0.717) is 17.4 Å². The number of rotatable bonds is 4. The zero-order valence-electron chi connectivity index (χ0n) is 16.4. The van der Waals surface area contributed by atoms with Gasteiger partial charge in [0, 0.05) is 11.1 Å². The first kappa shape index (κ1) is 27.8. The van der Waals surface area contributed by atoms with Crippen molar-refractivity contribution in [2.75, 3.05) is 5.73 Å². The molecule has 0 bridgehead atoms. The van der Waals surface area contributed by atoms with Gasteiger partial charge in [-0.15, -0.1) is 0 Å². The van der Waals surface area contributed by atoms with E-state index in [4.69, 9.17) is 5.73 Å². The fraction of sp³-hybridized carbons (Fsp3) is 0.0588. The van der Waals surface area contributed by atoms with E-state index in [0.717, 1.165) is 11.6 Å². The predicted octanol–water partition coefficient (Wildman–Crippen LogP) is -3.04. The summed E-state index contributed by atoms with van der Waals surface area (Å²) in [6, 6.07) is 10.6. The minimum absolute atomic E-state index is 0. The maximum absolute atomic E-state index is 11.6. The van der Waals surface area contributed by atoms with E-state index in [2.05, 4.69) is 10.2 Å². The van der Waals surface area contributed by atoms with Crippen molar-refractivity contribution >= 4 is 48.1 Å². The van der Waals surface area contributed by atoms with E-state index in [9.17, 15) is 25.9 Å². The molecule has 3 aromatic carbocycles. The molecular formula is C17H13KN3NaO6S2. The summed E-state index contributed by atoms with van der Waals surface area (Å²) in [5.41, 5.74) is 7.78. The molecule has 9 nitrogen and oxygen atoms in total. The minimum atomic E-state index is -5.05. The molecule has 0 atom stereocenters. The molecule has 3 aromatic rings. The van der Waals surface area contributed by atoms with E-state index in [-0.39, 0.29) is 97.4 Å². The zero-order valence-corrected chi connectivity index (χ0v) is 23.1. The van der Waals surface area contributed by atoms with Gasteiger partial charge in [-0.25, -0.2) is 16.8 Å². The number of nitrogen functional groups attached to an aromatic ring is 1. The van der Waals surface area contributed by atoms with Crippen molar-refractivity contribution in [1.82, 2.24) is 0 Å². The maximum Gasteiger partial charge on any atom is 1.00 e. The number of fused-ring (bicyclic) bond motifs is 1. The summed E-state index contributed by atoms with van der Waals surface area (Å²) >= 11 is 0. The summed E-state index contributed by atoms with van der Waals surface area (Å²) in [4.78, 5) is -1.62. The number of nitrogens with two attached hydrogens (primary N) is 1. The van der Waals surface area contributed by atoms with Gasteiger partial charge >= 0.3 is 80.9 Å². The third-order valence-electron chi connectivity index (χ3n) is 3.93. The molecule has 0 fully saturated rings. The van der Waals surface area contributed by atoms with Crippen LogP contribution in [-0.4, -0.2) is 25.9 Å². The Morgan fingerprint density at radius 2 is 1.53 bits per heavy atom. The molecule has 0 radical (unpaired) electrons. The van der Waals surface area contributed by atoms with Gasteiger partial charge in [0.05, 0.1) is 21.2 Å². The zero-order chi connectivity index (χ0) is 20.7. The topological polar surface area (TPSA) is 165 Å². The Balaban J connectivity index is 0.00000225. The van der Waals surface area contributed by atoms with Crippen LogP contribution in [0.15, 0.2) is 68.6 Å². The molecule has 0 aromatic heterocycles. The Labute approximate surface area is 238 Å². The van der Waals surface area contributed by atoms with Gasteiger partial charge < -0.3 is 14.8 Å². The molecule has 0 unspecified atom stereocenters. The van der Waals surface area contributed by atoms with Gasteiger partial charge in [0.15, 0.2) is 0 Å². The van der Waals surface area contributed by atoms with Crippen molar-refractivity contribution in [3.63, 3.8) is 0 Å². The third kappa shape index (κ3) is 6.64. The third-order valence-corrected chi connectivity index (χ3v) is 5.62.